The Kier molecular flexibility index (Phi) is 5.87. The smallest absolute Gasteiger partial charge is 0.243 e. The van der Waals surface area contributed by atoms with Crippen LogP contribution in [0.25, 0.3) is 0 Å². The van der Waals surface area contributed by atoms with Crippen molar-refractivity contribution in [1.82, 2.24) is 20.0 Å². The van der Waals surface area contributed by atoms with E-state index >= 15 is 0 Å². The highest BCUT2D eigenvalue weighted by molar-refractivity contribution is 5.85. The Labute approximate surface area is 152 Å². The number of likely N-dealkylation sites (tertiary alicyclic amines) is 2. The van der Waals surface area contributed by atoms with Gasteiger partial charge in [-0.3, -0.25) is 9.69 Å². The number of piperidine rings is 2. The quantitative estimate of drug-likeness (QED) is 0.615. The summed E-state index contributed by atoms with van der Waals surface area (Å²) in [6, 6.07) is 1.96. The standard InChI is InChI=1S/C19H35N5O/c1-14(2)21-19(20-12-18(25)22(3)4)23-11-9-17-15(13-23)6-5-10-24(17)16-7-8-16/h14-17H,5-13H2,1-4H3,(H,20,21). The van der Waals surface area contributed by atoms with Crippen LogP contribution in [-0.4, -0.2) is 85.0 Å². The molecule has 2 saturated heterocycles. The van der Waals surface area contributed by atoms with Gasteiger partial charge in [0.2, 0.25) is 5.91 Å². The van der Waals surface area contributed by atoms with E-state index in [-0.39, 0.29) is 12.5 Å². The lowest BCUT2D eigenvalue weighted by Crippen LogP contribution is -2.58. The van der Waals surface area contributed by atoms with Crippen LogP contribution in [0.3, 0.4) is 0 Å². The molecule has 3 rings (SSSR count). The molecule has 0 aromatic carbocycles. The van der Waals surface area contributed by atoms with Gasteiger partial charge in [-0.05, 0) is 58.4 Å². The lowest BCUT2D eigenvalue weighted by molar-refractivity contribution is -0.127. The van der Waals surface area contributed by atoms with Crippen molar-refractivity contribution in [3.63, 3.8) is 0 Å². The van der Waals surface area contributed by atoms with Gasteiger partial charge in [-0.15, -0.1) is 0 Å². The van der Waals surface area contributed by atoms with Gasteiger partial charge >= 0.3 is 0 Å². The third kappa shape index (κ3) is 4.66. The summed E-state index contributed by atoms with van der Waals surface area (Å²) in [5.41, 5.74) is 0. The van der Waals surface area contributed by atoms with Crippen molar-refractivity contribution in [3.8, 4) is 0 Å². The molecule has 0 radical (unpaired) electrons. The van der Waals surface area contributed by atoms with Crippen molar-refractivity contribution in [2.24, 2.45) is 10.9 Å². The number of fused-ring (bicyclic) bond motifs is 1. The van der Waals surface area contributed by atoms with E-state index in [9.17, 15) is 4.79 Å². The SMILES string of the molecule is CC(C)NC(=NCC(=O)N(C)C)N1CCC2C(CCCN2C2CC2)C1. The highest BCUT2D eigenvalue weighted by Gasteiger charge is 2.42. The van der Waals surface area contributed by atoms with E-state index in [2.05, 4.69) is 34.0 Å². The molecule has 6 nitrogen and oxygen atoms in total. The first-order valence-electron chi connectivity index (χ1n) is 9.97. The minimum absolute atomic E-state index is 0.0514. The maximum atomic E-state index is 11.9. The lowest BCUT2D eigenvalue weighted by Gasteiger charge is -2.48. The maximum Gasteiger partial charge on any atom is 0.243 e. The van der Waals surface area contributed by atoms with Crippen LogP contribution in [0.4, 0.5) is 0 Å². The second-order valence-electron chi connectivity index (χ2n) is 8.40. The first-order valence-corrected chi connectivity index (χ1v) is 9.97. The number of amides is 1. The molecule has 1 amide bonds. The monoisotopic (exact) mass is 349 g/mol. The van der Waals surface area contributed by atoms with Crippen LogP contribution in [0.1, 0.15) is 46.0 Å². The Morgan fingerprint density at radius 2 is 1.96 bits per heavy atom. The fraction of sp³-hybridized carbons (Fsp3) is 0.895. The average molecular weight is 350 g/mol. The van der Waals surface area contributed by atoms with Crippen molar-refractivity contribution in [1.29, 1.82) is 0 Å². The number of nitrogens with zero attached hydrogens (tertiary/aromatic N) is 4. The molecule has 25 heavy (non-hydrogen) atoms. The summed E-state index contributed by atoms with van der Waals surface area (Å²) in [4.78, 5) is 23.4. The molecule has 0 bridgehead atoms. The third-order valence-corrected chi connectivity index (χ3v) is 5.71. The van der Waals surface area contributed by atoms with Gasteiger partial charge in [0.15, 0.2) is 5.96 Å². The first kappa shape index (κ1) is 18.5. The average Bonchev–Trinajstić information content (AvgIpc) is 3.41. The van der Waals surface area contributed by atoms with Gasteiger partial charge in [0.1, 0.15) is 6.54 Å². The van der Waals surface area contributed by atoms with E-state index < -0.39 is 0 Å². The fourth-order valence-electron chi connectivity index (χ4n) is 4.27. The molecule has 0 aromatic rings. The van der Waals surface area contributed by atoms with Crippen LogP contribution in [0.5, 0.6) is 0 Å². The number of carbonyl (C=O) groups is 1. The topological polar surface area (TPSA) is 51.2 Å². The minimum Gasteiger partial charge on any atom is -0.354 e. The summed E-state index contributed by atoms with van der Waals surface area (Å²) in [6.07, 6.45) is 6.69. The van der Waals surface area contributed by atoms with E-state index in [1.54, 1.807) is 19.0 Å². The Hall–Kier alpha value is -1.30. The molecule has 0 aromatic heterocycles. The zero-order chi connectivity index (χ0) is 18.0. The summed E-state index contributed by atoms with van der Waals surface area (Å²) in [5.74, 6) is 1.70. The molecule has 1 aliphatic carbocycles. The van der Waals surface area contributed by atoms with E-state index in [1.807, 2.05) is 0 Å². The number of rotatable bonds is 4. The molecule has 1 saturated carbocycles. The summed E-state index contributed by atoms with van der Waals surface area (Å²) in [5, 5.41) is 3.48. The van der Waals surface area contributed by atoms with Crippen molar-refractivity contribution < 1.29 is 4.79 Å². The molecule has 1 N–H and O–H groups in total. The van der Waals surface area contributed by atoms with Gasteiger partial charge in [0, 0.05) is 45.3 Å². The van der Waals surface area contributed by atoms with Crippen LogP contribution in [0.15, 0.2) is 4.99 Å². The Morgan fingerprint density at radius 1 is 1.20 bits per heavy atom. The molecule has 2 atom stereocenters. The fourth-order valence-corrected chi connectivity index (χ4v) is 4.27. The molecule has 0 spiro atoms. The van der Waals surface area contributed by atoms with Gasteiger partial charge < -0.3 is 15.1 Å². The second-order valence-corrected chi connectivity index (χ2v) is 8.40. The lowest BCUT2D eigenvalue weighted by atomic mass is 9.83. The number of carbonyl (C=O) groups excluding carboxylic acids is 1. The van der Waals surface area contributed by atoms with E-state index in [4.69, 9.17) is 0 Å². The highest BCUT2D eigenvalue weighted by atomic mass is 16.2. The normalized spacial score (nSPS) is 28.0. The zero-order valence-electron chi connectivity index (χ0n) is 16.4. The van der Waals surface area contributed by atoms with Crippen LogP contribution < -0.4 is 5.32 Å². The van der Waals surface area contributed by atoms with Crippen molar-refractivity contribution >= 4 is 11.9 Å². The molecular weight excluding hydrogens is 314 g/mol. The molecule has 6 heteroatoms. The highest BCUT2D eigenvalue weighted by Crippen LogP contribution is 2.38. The van der Waals surface area contributed by atoms with Crippen molar-refractivity contribution in [2.75, 3.05) is 40.3 Å². The summed E-state index contributed by atoms with van der Waals surface area (Å²) in [7, 11) is 3.57. The third-order valence-electron chi connectivity index (χ3n) is 5.71. The molecule has 2 unspecified atom stereocenters. The van der Waals surface area contributed by atoms with Crippen molar-refractivity contribution in [3.05, 3.63) is 0 Å². The molecule has 142 valence electrons. The molecular formula is C19H35N5O. The molecule has 3 fully saturated rings. The van der Waals surface area contributed by atoms with Crippen LogP contribution >= 0.6 is 0 Å². The summed E-state index contributed by atoms with van der Waals surface area (Å²) in [6.45, 7) is 7.90. The zero-order valence-corrected chi connectivity index (χ0v) is 16.4. The largest absolute Gasteiger partial charge is 0.354 e. The van der Waals surface area contributed by atoms with E-state index in [0.717, 1.165) is 37.1 Å². The van der Waals surface area contributed by atoms with Crippen molar-refractivity contribution in [2.45, 2.75) is 64.1 Å². The van der Waals surface area contributed by atoms with Gasteiger partial charge in [-0.1, -0.05) is 0 Å². The number of guanidine groups is 1. The van der Waals surface area contributed by atoms with Gasteiger partial charge in [-0.2, -0.15) is 0 Å². The van der Waals surface area contributed by atoms with Crippen LogP contribution in [0, 0.1) is 5.92 Å². The first-order chi connectivity index (χ1) is 12.0. The van der Waals surface area contributed by atoms with Gasteiger partial charge in [-0.25, -0.2) is 4.99 Å². The number of nitrogens with one attached hydrogen (secondary N) is 1. The number of hydrogen-bond donors (Lipinski definition) is 1. The Balaban J connectivity index is 1.65. The summed E-state index contributed by atoms with van der Waals surface area (Å²) < 4.78 is 0. The summed E-state index contributed by atoms with van der Waals surface area (Å²) >= 11 is 0. The molecule has 3 aliphatic rings. The van der Waals surface area contributed by atoms with Gasteiger partial charge in [0.25, 0.3) is 0 Å². The maximum absolute atomic E-state index is 11.9. The second kappa shape index (κ2) is 7.94. The Bertz CT molecular complexity index is 500. The molecule has 2 aliphatic heterocycles. The minimum atomic E-state index is 0.0514. The van der Waals surface area contributed by atoms with Crippen LogP contribution in [-0.2, 0) is 4.79 Å². The van der Waals surface area contributed by atoms with E-state index in [0.29, 0.717) is 6.04 Å². The van der Waals surface area contributed by atoms with Crippen LogP contribution in [0.2, 0.25) is 0 Å². The van der Waals surface area contributed by atoms with E-state index in [1.165, 1.54) is 38.6 Å². The predicted octanol–water partition coefficient (Wildman–Crippen LogP) is 1.38. The number of aliphatic imine (C=N–C) groups is 1. The Morgan fingerprint density at radius 3 is 2.60 bits per heavy atom. The van der Waals surface area contributed by atoms with Gasteiger partial charge in [0.05, 0.1) is 0 Å². The predicted molar refractivity (Wildman–Crippen MR) is 102 cm³/mol. The molecule has 2 heterocycles. The number of likely N-dealkylation sites (N-methyl/N-ethyl adjacent to an activating group) is 1. The number of hydrogen-bond acceptors (Lipinski definition) is 3.